The SMILES string of the molecule is CS(=O)(=O)c1ccc(CNC2CCCCC2O)cc1. The van der Waals surface area contributed by atoms with Crippen molar-refractivity contribution in [2.75, 3.05) is 6.26 Å². The van der Waals surface area contributed by atoms with E-state index in [1.165, 1.54) is 6.26 Å². The molecule has 1 saturated carbocycles. The topological polar surface area (TPSA) is 66.4 Å². The van der Waals surface area contributed by atoms with Crippen LogP contribution in [0.4, 0.5) is 0 Å². The van der Waals surface area contributed by atoms with Crippen molar-refractivity contribution in [1.82, 2.24) is 5.32 Å². The van der Waals surface area contributed by atoms with E-state index in [9.17, 15) is 13.5 Å². The van der Waals surface area contributed by atoms with Crippen LogP contribution in [-0.4, -0.2) is 31.9 Å². The van der Waals surface area contributed by atoms with Gasteiger partial charge in [0, 0.05) is 18.8 Å². The molecule has 0 spiro atoms. The maximum atomic E-state index is 11.3. The predicted molar refractivity (Wildman–Crippen MR) is 74.7 cm³/mol. The molecule has 0 saturated heterocycles. The van der Waals surface area contributed by atoms with Gasteiger partial charge in [0.05, 0.1) is 11.0 Å². The van der Waals surface area contributed by atoms with Gasteiger partial charge in [0.25, 0.3) is 0 Å². The minimum absolute atomic E-state index is 0.156. The largest absolute Gasteiger partial charge is 0.392 e. The van der Waals surface area contributed by atoms with Crippen LogP contribution in [0.1, 0.15) is 31.2 Å². The zero-order chi connectivity index (χ0) is 13.9. The molecular formula is C14H21NO3S. The van der Waals surface area contributed by atoms with E-state index < -0.39 is 9.84 Å². The second kappa shape index (κ2) is 6.03. The molecule has 1 aromatic carbocycles. The zero-order valence-corrected chi connectivity index (χ0v) is 12.0. The number of nitrogens with one attached hydrogen (secondary N) is 1. The van der Waals surface area contributed by atoms with Crippen LogP contribution in [0.25, 0.3) is 0 Å². The third kappa shape index (κ3) is 4.03. The summed E-state index contributed by atoms with van der Waals surface area (Å²) in [6.07, 6.45) is 5.07. The first-order valence-corrected chi connectivity index (χ1v) is 8.56. The van der Waals surface area contributed by atoms with E-state index in [0.29, 0.717) is 11.4 Å². The number of aliphatic hydroxyl groups excluding tert-OH is 1. The van der Waals surface area contributed by atoms with Crippen molar-refractivity contribution in [2.45, 2.75) is 49.3 Å². The maximum Gasteiger partial charge on any atom is 0.175 e. The molecule has 1 aromatic rings. The molecule has 5 heteroatoms. The normalized spacial score (nSPS) is 24.3. The number of hydrogen-bond acceptors (Lipinski definition) is 4. The number of aliphatic hydroxyl groups is 1. The molecule has 2 N–H and O–H groups in total. The number of sulfone groups is 1. The van der Waals surface area contributed by atoms with E-state index in [0.717, 1.165) is 31.2 Å². The number of benzene rings is 1. The van der Waals surface area contributed by atoms with Crippen molar-refractivity contribution >= 4 is 9.84 Å². The monoisotopic (exact) mass is 283 g/mol. The quantitative estimate of drug-likeness (QED) is 0.878. The van der Waals surface area contributed by atoms with Crippen LogP contribution in [0.3, 0.4) is 0 Å². The van der Waals surface area contributed by atoms with Gasteiger partial charge in [0.15, 0.2) is 9.84 Å². The highest BCUT2D eigenvalue weighted by atomic mass is 32.2. The predicted octanol–water partition coefficient (Wildman–Crippen LogP) is 1.48. The number of hydrogen-bond donors (Lipinski definition) is 2. The molecule has 0 aromatic heterocycles. The fraction of sp³-hybridized carbons (Fsp3) is 0.571. The molecule has 2 unspecified atom stereocenters. The molecule has 106 valence electrons. The van der Waals surface area contributed by atoms with Gasteiger partial charge in [-0.15, -0.1) is 0 Å². The van der Waals surface area contributed by atoms with Crippen LogP contribution < -0.4 is 5.32 Å². The molecule has 0 heterocycles. The second-order valence-corrected chi connectivity index (χ2v) is 7.27. The van der Waals surface area contributed by atoms with E-state index in [1.807, 2.05) is 12.1 Å². The fourth-order valence-corrected chi connectivity index (χ4v) is 3.08. The number of rotatable bonds is 4. The third-order valence-electron chi connectivity index (χ3n) is 3.65. The minimum atomic E-state index is -3.12. The van der Waals surface area contributed by atoms with E-state index >= 15 is 0 Å². The molecule has 0 radical (unpaired) electrons. The molecule has 0 bridgehead atoms. The molecule has 1 aliphatic carbocycles. The van der Waals surface area contributed by atoms with Gasteiger partial charge in [-0.2, -0.15) is 0 Å². The van der Waals surface area contributed by atoms with Crippen LogP contribution in [-0.2, 0) is 16.4 Å². The molecule has 4 nitrogen and oxygen atoms in total. The van der Waals surface area contributed by atoms with Gasteiger partial charge < -0.3 is 10.4 Å². The summed E-state index contributed by atoms with van der Waals surface area (Å²) in [6, 6.07) is 7.05. The van der Waals surface area contributed by atoms with Crippen LogP contribution in [0.2, 0.25) is 0 Å². The summed E-state index contributed by atoms with van der Waals surface area (Å²) in [7, 11) is -3.12. The highest BCUT2D eigenvalue weighted by Gasteiger charge is 2.22. The van der Waals surface area contributed by atoms with Gasteiger partial charge in [0.1, 0.15) is 0 Å². The Labute approximate surface area is 114 Å². The molecule has 1 aliphatic rings. The molecule has 0 aliphatic heterocycles. The van der Waals surface area contributed by atoms with E-state index in [4.69, 9.17) is 0 Å². The lowest BCUT2D eigenvalue weighted by molar-refractivity contribution is 0.0902. The van der Waals surface area contributed by atoms with Crippen molar-refractivity contribution < 1.29 is 13.5 Å². The standard InChI is InChI=1S/C14H21NO3S/c1-19(17,18)12-8-6-11(7-9-12)10-15-13-4-2-3-5-14(13)16/h6-9,13-16H,2-5,10H2,1H3. The Morgan fingerprint density at radius 3 is 2.42 bits per heavy atom. The molecule has 1 fully saturated rings. The van der Waals surface area contributed by atoms with Crippen LogP contribution in [0.15, 0.2) is 29.2 Å². The van der Waals surface area contributed by atoms with Crippen molar-refractivity contribution in [3.63, 3.8) is 0 Å². The van der Waals surface area contributed by atoms with Crippen molar-refractivity contribution in [3.05, 3.63) is 29.8 Å². The van der Waals surface area contributed by atoms with Gasteiger partial charge in [-0.1, -0.05) is 25.0 Å². The van der Waals surface area contributed by atoms with E-state index in [2.05, 4.69) is 5.32 Å². The summed E-state index contributed by atoms with van der Waals surface area (Å²) in [5, 5.41) is 13.2. The molecule has 2 atom stereocenters. The first-order valence-electron chi connectivity index (χ1n) is 6.67. The first-order chi connectivity index (χ1) is 8.97. The Bertz CT molecular complexity index is 510. The van der Waals surface area contributed by atoms with Crippen LogP contribution in [0.5, 0.6) is 0 Å². The molecule has 0 amide bonds. The summed E-state index contributed by atoms with van der Waals surface area (Å²) in [6.45, 7) is 0.659. The minimum Gasteiger partial charge on any atom is -0.392 e. The summed E-state index contributed by atoms with van der Waals surface area (Å²) in [5.41, 5.74) is 1.03. The Kier molecular flexibility index (Phi) is 4.60. The average Bonchev–Trinajstić information content (AvgIpc) is 2.37. The Hall–Kier alpha value is -0.910. The van der Waals surface area contributed by atoms with Crippen molar-refractivity contribution in [2.24, 2.45) is 0 Å². The summed E-state index contributed by atoms with van der Waals surface area (Å²) < 4.78 is 22.7. The third-order valence-corrected chi connectivity index (χ3v) is 4.78. The lowest BCUT2D eigenvalue weighted by Gasteiger charge is -2.28. The Morgan fingerprint density at radius 1 is 1.21 bits per heavy atom. The lowest BCUT2D eigenvalue weighted by Crippen LogP contribution is -2.41. The van der Waals surface area contributed by atoms with Gasteiger partial charge in [-0.25, -0.2) is 8.42 Å². The first kappa shape index (κ1) is 14.5. The van der Waals surface area contributed by atoms with E-state index in [1.54, 1.807) is 12.1 Å². The maximum absolute atomic E-state index is 11.3. The Balaban J connectivity index is 1.93. The fourth-order valence-electron chi connectivity index (χ4n) is 2.45. The van der Waals surface area contributed by atoms with E-state index in [-0.39, 0.29) is 12.1 Å². The van der Waals surface area contributed by atoms with Gasteiger partial charge in [-0.05, 0) is 30.5 Å². The highest BCUT2D eigenvalue weighted by Crippen LogP contribution is 2.19. The zero-order valence-electron chi connectivity index (χ0n) is 11.2. The summed E-state index contributed by atoms with van der Waals surface area (Å²) in [5.74, 6) is 0. The average molecular weight is 283 g/mol. The van der Waals surface area contributed by atoms with Crippen LogP contribution >= 0.6 is 0 Å². The highest BCUT2D eigenvalue weighted by molar-refractivity contribution is 7.90. The second-order valence-electron chi connectivity index (χ2n) is 5.26. The van der Waals surface area contributed by atoms with Gasteiger partial charge in [-0.3, -0.25) is 0 Å². The lowest BCUT2D eigenvalue weighted by atomic mass is 9.92. The summed E-state index contributed by atoms with van der Waals surface area (Å²) in [4.78, 5) is 0.342. The van der Waals surface area contributed by atoms with Gasteiger partial charge in [0.2, 0.25) is 0 Å². The van der Waals surface area contributed by atoms with Crippen molar-refractivity contribution in [3.8, 4) is 0 Å². The van der Waals surface area contributed by atoms with Crippen LogP contribution in [0, 0.1) is 0 Å². The van der Waals surface area contributed by atoms with Gasteiger partial charge >= 0.3 is 0 Å². The van der Waals surface area contributed by atoms with Crippen molar-refractivity contribution in [1.29, 1.82) is 0 Å². The molecule has 2 rings (SSSR count). The molecular weight excluding hydrogens is 262 g/mol. The molecule has 19 heavy (non-hydrogen) atoms. The summed E-state index contributed by atoms with van der Waals surface area (Å²) >= 11 is 0. The smallest absolute Gasteiger partial charge is 0.175 e. The Morgan fingerprint density at radius 2 is 1.84 bits per heavy atom.